The molecule has 0 radical (unpaired) electrons. The Labute approximate surface area is 98.4 Å². The Hall–Kier alpha value is -0.860. The number of nitrogens with two attached hydrogens (primary N) is 1. The van der Waals surface area contributed by atoms with E-state index in [0.29, 0.717) is 12.0 Å². The van der Waals surface area contributed by atoms with Gasteiger partial charge in [0.1, 0.15) is 0 Å². The summed E-state index contributed by atoms with van der Waals surface area (Å²) in [6.45, 7) is 7.71. The van der Waals surface area contributed by atoms with Gasteiger partial charge in [-0.25, -0.2) is 0 Å². The van der Waals surface area contributed by atoms with Gasteiger partial charge in [0.2, 0.25) is 0 Å². The van der Waals surface area contributed by atoms with Gasteiger partial charge < -0.3 is 5.73 Å². The summed E-state index contributed by atoms with van der Waals surface area (Å²) in [4.78, 5) is 2.49. The van der Waals surface area contributed by atoms with Crippen LogP contribution >= 0.6 is 0 Å². The van der Waals surface area contributed by atoms with E-state index in [4.69, 9.17) is 5.73 Å². The van der Waals surface area contributed by atoms with Crippen molar-refractivity contribution in [3.63, 3.8) is 0 Å². The monoisotopic (exact) mass is 218 g/mol. The van der Waals surface area contributed by atoms with E-state index in [9.17, 15) is 0 Å². The Kier molecular flexibility index (Phi) is 3.62. The van der Waals surface area contributed by atoms with E-state index in [1.807, 2.05) is 0 Å². The lowest BCUT2D eigenvalue weighted by Crippen LogP contribution is -2.31. The van der Waals surface area contributed by atoms with Crippen LogP contribution in [0, 0.1) is 5.92 Å². The third-order valence-corrected chi connectivity index (χ3v) is 3.54. The van der Waals surface area contributed by atoms with E-state index in [1.165, 1.54) is 11.1 Å². The molecule has 0 amide bonds. The highest BCUT2D eigenvalue weighted by molar-refractivity contribution is 5.30. The lowest BCUT2D eigenvalue weighted by molar-refractivity contribution is 0.261. The molecule has 2 rings (SSSR count). The number of nitrogens with zero attached hydrogens (tertiary/aromatic N) is 1. The molecule has 2 heteroatoms. The smallest absolute Gasteiger partial charge is 0.0240 e. The molecule has 1 aromatic carbocycles. The predicted molar refractivity (Wildman–Crippen MR) is 68.0 cm³/mol. The van der Waals surface area contributed by atoms with Crippen molar-refractivity contribution in [1.82, 2.24) is 4.90 Å². The first-order valence-corrected chi connectivity index (χ1v) is 6.21. The van der Waals surface area contributed by atoms with Crippen LogP contribution in [0.5, 0.6) is 0 Å². The van der Waals surface area contributed by atoms with Crippen LogP contribution in [-0.2, 0) is 13.1 Å². The molecular weight excluding hydrogens is 196 g/mol. The summed E-state index contributed by atoms with van der Waals surface area (Å²) in [5.74, 6) is 0.588. The van der Waals surface area contributed by atoms with E-state index >= 15 is 0 Å². The molecular formula is C14H22N2. The average Bonchev–Trinajstić information content (AvgIpc) is 2.68. The zero-order valence-electron chi connectivity index (χ0n) is 10.3. The van der Waals surface area contributed by atoms with Crippen LogP contribution < -0.4 is 5.73 Å². The lowest BCUT2D eigenvalue weighted by Gasteiger charge is -2.20. The molecule has 0 bridgehead atoms. The Bertz CT molecular complexity index is 321. The molecule has 0 fully saturated rings. The van der Waals surface area contributed by atoms with Crippen molar-refractivity contribution >= 4 is 0 Å². The van der Waals surface area contributed by atoms with Gasteiger partial charge in [0.05, 0.1) is 0 Å². The van der Waals surface area contributed by atoms with Gasteiger partial charge in [-0.1, -0.05) is 38.1 Å². The zero-order chi connectivity index (χ0) is 11.5. The minimum absolute atomic E-state index is 0.337. The second-order valence-electron chi connectivity index (χ2n) is 5.18. The Morgan fingerprint density at radius 1 is 1.19 bits per heavy atom. The highest BCUT2D eigenvalue weighted by Crippen LogP contribution is 2.22. The van der Waals surface area contributed by atoms with Crippen molar-refractivity contribution in [3.05, 3.63) is 35.4 Å². The fraction of sp³-hybridized carbons (Fsp3) is 0.571. The maximum absolute atomic E-state index is 6.07. The lowest BCUT2D eigenvalue weighted by atomic mass is 10.0. The highest BCUT2D eigenvalue weighted by Gasteiger charge is 2.18. The van der Waals surface area contributed by atoms with Crippen LogP contribution in [0.3, 0.4) is 0 Å². The molecule has 0 saturated heterocycles. The van der Waals surface area contributed by atoms with Crippen molar-refractivity contribution in [2.75, 3.05) is 6.54 Å². The summed E-state index contributed by atoms with van der Waals surface area (Å²) in [6, 6.07) is 9.06. The summed E-state index contributed by atoms with van der Waals surface area (Å²) < 4.78 is 0. The fourth-order valence-electron chi connectivity index (χ4n) is 2.23. The van der Waals surface area contributed by atoms with Gasteiger partial charge in [0.15, 0.2) is 0 Å². The topological polar surface area (TPSA) is 29.3 Å². The largest absolute Gasteiger partial charge is 0.327 e. The van der Waals surface area contributed by atoms with Crippen LogP contribution in [0.2, 0.25) is 0 Å². The molecule has 1 heterocycles. The van der Waals surface area contributed by atoms with Crippen molar-refractivity contribution in [1.29, 1.82) is 0 Å². The molecule has 1 aromatic rings. The summed E-state index contributed by atoms with van der Waals surface area (Å²) in [5.41, 5.74) is 9.05. The minimum Gasteiger partial charge on any atom is -0.327 e. The molecule has 1 aliphatic rings. The minimum atomic E-state index is 0.337. The van der Waals surface area contributed by atoms with Crippen molar-refractivity contribution in [3.8, 4) is 0 Å². The number of rotatable bonds is 4. The molecule has 0 aromatic heterocycles. The normalized spacial score (nSPS) is 17.8. The van der Waals surface area contributed by atoms with Gasteiger partial charge in [-0.05, 0) is 23.5 Å². The van der Waals surface area contributed by atoms with Gasteiger partial charge in [0, 0.05) is 25.7 Å². The molecule has 0 spiro atoms. The maximum Gasteiger partial charge on any atom is 0.0240 e. The van der Waals surface area contributed by atoms with Crippen LogP contribution in [0.25, 0.3) is 0 Å². The van der Waals surface area contributed by atoms with Gasteiger partial charge in [-0.2, -0.15) is 0 Å². The van der Waals surface area contributed by atoms with Crippen LogP contribution in [-0.4, -0.2) is 17.5 Å². The average molecular weight is 218 g/mol. The van der Waals surface area contributed by atoms with E-state index in [0.717, 1.165) is 26.1 Å². The standard InChI is InChI=1S/C14H22N2/c1-11(2)14(15)7-8-16-9-12-5-3-4-6-13(12)10-16/h3-6,11,14H,7-10,15H2,1-2H3. The molecule has 2 nitrogen and oxygen atoms in total. The summed E-state index contributed by atoms with van der Waals surface area (Å²) in [7, 11) is 0. The van der Waals surface area contributed by atoms with E-state index in [2.05, 4.69) is 43.0 Å². The molecule has 1 unspecified atom stereocenters. The maximum atomic E-state index is 6.07. The molecule has 88 valence electrons. The van der Waals surface area contributed by atoms with Crippen molar-refractivity contribution < 1.29 is 0 Å². The number of benzene rings is 1. The second-order valence-corrected chi connectivity index (χ2v) is 5.18. The predicted octanol–water partition coefficient (Wildman–Crippen LogP) is 2.38. The SMILES string of the molecule is CC(C)C(N)CCN1Cc2ccccc2C1. The first-order valence-electron chi connectivity index (χ1n) is 6.21. The molecule has 1 aliphatic heterocycles. The Morgan fingerprint density at radius 3 is 2.25 bits per heavy atom. The molecule has 1 atom stereocenters. The zero-order valence-corrected chi connectivity index (χ0v) is 10.3. The molecule has 2 N–H and O–H groups in total. The van der Waals surface area contributed by atoms with Crippen LogP contribution in [0.1, 0.15) is 31.4 Å². The first-order chi connectivity index (χ1) is 7.66. The van der Waals surface area contributed by atoms with Gasteiger partial charge in [0.25, 0.3) is 0 Å². The summed E-state index contributed by atoms with van der Waals surface area (Å²) in [5, 5.41) is 0. The van der Waals surface area contributed by atoms with E-state index in [1.54, 1.807) is 0 Å². The van der Waals surface area contributed by atoms with Crippen LogP contribution in [0.4, 0.5) is 0 Å². The first kappa shape index (κ1) is 11.6. The quantitative estimate of drug-likeness (QED) is 0.840. The van der Waals surface area contributed by atoms with Gasteiger partial charge in [-0.15, -0.1) is 0 Å². The van der Waals surface area contributed by atoms with Crippen molar-refractivity contribution in [2.45, 2.75) is 39.4 Å². The molecule has 0 aliphatic carbocycles. The summed E-state index contributed by atoms with van der Waals surface area (Å²) >= 11 is 0. The number of hydrogen-bond donors (Lipinski definition) is 1. The van der Waals surface area contributed by atoms with Crippen molar-refractivity contribution in [2.24, 2.45) is 11.7 Å². The third kappa shape index (κ3) is 2.63. The second kappa shape index (κ2) is 4.98. The Morgan fingerprint density at radius 2 is 1.75 bits per heavy atom. The van der Waals surface area contributed by atoms with E-state index in [-0.39, 0.29) is 0 Å². The van der Waals surface area contributed by atoms with Gasteiger partial charge in [-0.3, -0.25) is 4.90 Å². The van der Waals surface area contributed by atoms with Crippen LogP contribution in [0.15, 0.2) is 24.3 Å². The van der Waals surface area contributed by atoms with E-state index < -0.39 is 0 Å². The third-order valence-electron chi connectivity index (χ3n) is 3.54. The molecule has 0 saturated carbocycles. The fourth-order valence-corrected chi connectivity index (χ4v) is 2.23. The van der Waals surface area contributed by atoms with Gasteiger partial charge >= 0.3 is 0 Å². The number of hydrogen-bond acceptors (Lipinski definition) is 2. The summed E-state index contributed by atoms with van der Waals surface area (Å²) in [6.07, 6.45) is 1.10. The number of fused-ring (bicyclic) bond motifs is 1. The Balaban J connectivity index is 1.83. The molecule has 16 heavy (non-hydrogen) atoms. The highest BCUT2D eigenvalue weighted by atomic mass is 15.1.